The van der Waals surface area contributed by atoms with Crippen molar-refractivity contribution in [3.05, 3.63) is 18.0 Å². The topological polar surface area (TPSA) is 50.2 Å². The minimum absolute atomic E-state index is 0.276. The van der Waals surface area contributed by atoms with Crippen molar-refractivity contribution in [1.82, 2.24) is 20.0 Å². The van der Waals surface area contributed by atoms with E-state index >= 15 is 0 Å². The fraction of sp³-hybridized carbons (Fsp3) is 0.789. The summed E-state index contributed by atoms with van der Waals surface area (Å²) in [6, 6.07) is 0.417. The third-order valence-electron chi connectivity index (χ3n) is 5.50. The molecular formula is C19H32N4O. The van der Waals surface area contributed by atoms with Crippen molar-refractivity contribution >= 4 is 5.91 Å². The molecule has 1 N–H and O–H groups in total. The monoisotopic (exact) mass is 332 g/mol. The molecule has 3 rings (SSSR count). The summed E-state index contributed by atoms with van der Waals surface area (Å²) in [5.74, 6) is 1.17. The van der Waals surface area contributed by atoms with Crippen LogP contribution in [-0.4, -0.2) is 40.2 Å². The molecule has 1 aliphatic carbocycles. The lowest BCUT2D eigenvalue weighted by Gasteiger charge is -2.22. The van der Waals surface area contributed by atoms with E-state index in [2.05, 4.69) is 35.4 Å². The number of carbonyl (C=O) groups excluding carboxylic acids is 1. The van der Waals surface area contributed by atoms with E-state index in [9.17, 15) is 4.79 Å². The van der Waals surface area contributed by atoms with E-state index in [1.807, 2.05) is 10.9 Å². The van der Waals surface area contributed by atoms with Crippen molar-refractivity contribution in [2.45, 2.75) is 65.0 Å². The van der Waals surface area contributed by atoms with Crippen molar-refractivity contribution in [2.75, 3.05) is 19.6 Å². The van der Waals surface area contributed by atoms with Crippen molar-refractivity contribution in [2.24, 2.45) is 11.8 Å². The van der Waals surface area contributed by atoms with Crippen molar-refractivity contribution in [3.8, 4) is 0 Å². The van der Waals surface area contributed by atoms with Gasteiger partial charge in [-0.15, -0.1) is 0 Å². The fourth-order valence-corrected chi connectivity index (χ4v) is 3.98. The fourth-order valence-electron chi connectivity index (χ4n) is 3.98. The normalized spacial score (nSPS) is 23.0. The maximum absolute atomic E-state index is 12.3. The Morgan fingerprint density at radius 2 is 2.08 bits per heavy atom. The molecule has 2 aliphatic rings. The highest BCUT2D eigenvalue weighted by Crippen LogP contribution is 2.24. The van der Waals surface area contributed by atoms with E-state index in [-0.39, 0.29) is 5.92 Å². The van der Waals surface area contributed by atoms with E-state index in [0.29, 0.717) is 17.9 Å². The Kier molecular flexibility index (Phi) is 5.93. The zero-order valence-corrected chi connectivity index (χ0v) is 15.2. The molecule has 1 aromatic rings. The molecule has 0 aromatic carbocycles. The van der Waals surface area contributed by atoms with Crippen LogP contribution in [0.5, 0.6) is 0 Å². The molecule has 1 aromatic heterocycles. The standard InChI is InChI=1S/C19H32N4O/c1-15(2)23-14-17(11-21-23)13-22-9-8-16(12-22)10-20-19(24)18-6-4-3-5-7-18/h11,14-16,18H,3-10,12-13H2,1-2H3,(H,20,24). The number of hydrogen-bond donors (Lipinski definition) is 1. The van der Waals surface area contributed by atoms with Gasteiger partial charge in [0.05, 0.1) is 6.20 Å². The molecule has 134 valence electrons. The highest BCUT2D eigenvalue weighted by Gasteiger charge is 2.25. The molecule has 1 atom stereocenters. The van der Waals surface area contributed by atoms with Crippen molar-refractivity contribution < 1.29 is 4.79 Å². The SMILES string of the molecule is CC(C)n1cc(CN2CCC(CNC(=O)C3CCCCC3)C2)cn1. The van der Waals surface area contributed by atoms with Crippen LogP contribution in [-0.2, 0) is 11.3 Å². The molecular weight excluding hydrogens is 300 g/mol. The Morgan fingerprint density at radius 3 is 2.79 bits per heavy atom. The Morgan fingerprint density at radius 1 is 1.29 bits per heavy atom. The summed E-state index contributed by atoms with van der Waals surface area (Å²) < 4.78 is 2.02. The second-order valence-corrected chi connectivity index (χ2v) is 7.89. The predicted molar refractivity (Wildman–Crippen MR) is 95.6 cm³/mol. The number of amides is 1. The van der Waals surface area contributed by atoms with Gasteiger partial charge >= 0.3 is 0 Å². The molecule has 1 unspecified atom stereocenters. The van der Waals surface area contributed by atoms with Gasteiger partial charge in [-0.1, -0.05) is 19.3 Å². The summed E-state index contributed by atoms with van der Waals surface area (Å²) in [4.78, 5) is 14.7. The summed E-state index contributed by atoms with van der Waals surface area (Å²) in [6.45, 7) is 8.32. The lowest BCUT2D eigenvalue weighted by atomic mass is 9.88. The average molecular weight is 332 g/mol. The van der Waals surface area contributed by atoms with E-state index in [0.717, 1.165) is 39.0 Å². The number of rotatable bonds is 6. The lowest BCUT2D eigenvalue weighted by molar-refractivity contribution is -0.126. The smallest absolute Gasteiger partial charge is 0.223 e. The second kappa shape index (κ2) is 8.15. The van der Waals surface area contributed by atoms with Crippen molar-refractivity contribution in [1.29, 1.82) is 0 Å². The van der Waals surface area contributed by atoms with Crippen LogP contribution in [0, 0.1) is 11.8 Å². The van der Waals surface area contributed by atoms with Crippen molar-refractivity contribution in [3.63, 3.8) is 0 Å². The van der Waals surface area contributed by atoms with E-state index < -0.39 is 0 Å². The molecule has 1 aliphatic heterocycles. The van der Waals surface area contributed by atoms with Crippen LogP contribution in [0.15, 0.2) is 12.4 Å². The predicted octanol–water partition coefficient (Wildman–Crippen LogP) is 2.98. The van der Waals surface area contributed by atoms with Crippen LogP contribution in [0.4, 0.5) is 0 Å². The molecule has 1 saturated carbocycles. The minimum atomic E-state index is 0.276. The maximum Gasteiger partial charge on any atom is 0.223 e. The van der Waals surface area contributed by atoms with E-state index in [1.54, 1.807) is 0 Å². The molecule has 0 radical (unpaired) electrons. The number of nitrogens with zero attached hydrogens (tertiary/aromatic N) is 3. The molecule has 2 heterocycles. The van der Waals surface area contributed by atoms with Gasteiger partial charge in [0.1, 0.15) is 0 Å². The Bertz CT molecular complexity index is 533. The molecule has 0 spiro atoms. The van der Waals surface area contributed by atoms with Gasteiger partial charge in [-0.05, 0) is 45.6 Å². The van der Waals surface area contributed by atoms with Gasteiger partial charge in [0.25, 0.3) is 0 Å². The van der Waals surface area contributed by atoms with Gasteiger partial charge in [0.15, 0.2) is 0 Å². The number of carbonyl (C=O) groups is 1. The van der Waals surface area contributed by atoms with Crippen LogP contribution in [0.2, 0.25) is 0 Å². The molecule has 0 bridgehead atoms. The first-order chi connectivity index (χ1) is 11.6. The van der Waals surface area contributed by atoms with Crippen LogP contribution >= 0.6 is 0 Å². The van der Waals surface area contributed by atoms with Crippen LogP contribution < -0.4 is 5.32 Å². The molecule has 1 amide bonds. The van der Waals surface area contributed by atoms with Gasteiger partial charge in [-0.25, -0.2) is 0 Å². The van der Waals surface area contributed by atoms with Gasteiger partial charge in [0, 0.05) is 43.4 Å². The highest BCUT2D eigenvalue weighted by molar-refractivity contribution is 5.78. The molecule has 2 fully saturated rings. The molecule has 5 nitrogen and oxygen atoms in total. The lowest BCUT2D eigenvalue weighted by Crippen LogP contribution is -2.36. The molecule has 5 heteroatoms. The largest absolute Gasteiger partial charge is 0.356 e. The Labute approximate surface area is 145 Å². The van der Waals surface area contributed by atoms with Gasteiger partial charge in [0.2, 0.25) is 5.91 Å². The zero-order chi connectivity index (χ0) is 16.9. The average Bonchev–Trinajstić information content (AvgIpc) is 3.23. The first-order valence-electron chi connectivity index (χ1n) is 9.65. The van der Waals surface area contributed by atoms with Gasteiger partial charge in [-0.2, -0.15) is 5.10 Å². The Balaban J connectivity index is 1.39. The van der Waals surface area contributed by atoms with E-state index in [4.69, 9.17) is 0 Å². The molecule has 1 saturated heterocycles. The first kappa shape index (κ1) is 17.5. The Hall–Kier alpha value is -1.36. The summed E-state index contributed by atoms with van der Waals surface area (Å²) in [7, 11) is 0. The third kappa shape index (κ3) is 4.59. The van der Waals surface area contributed by atoms with Gasteiger partial charge in [-0.3, -0.25) is 14.4 Å². The minimum Gasteiger partial charge on any atom is -0.356 e. The quantitative estimate of drug-likeness (QED) is 0.871. The number of nitrogens with one attached hydrogen (secondary N) is 1. The number of aromatic nitrogens is 2. The van der Waals surface area contributed by atoms with E-state index in [1.165, 1.54) is 31.2 Å². The summed E-state index contributed by atoms with van der Waals surface area (Å²) >= 11 is 0. The third-order valence-corrected chi connectivity index (χ3v) is 5.50. The highest BCUT2D eigenvalue weighted by atomic mass is 16.1. The first-order valence-corrected chi connectivity index (χ1v) is 9.65. The summed E-state index contributed by atoms with van der Waals surface area (Å²) in [5.41, 5.74) is 1.29. The number of hydrogen-bond acceptors (Lipinski definition) is 3. The number of likely N-dealkylation sites (tertiary alicyclic amines) is 1. The van der Waals surface area contributed by atoms with Gasteiger partial charge < -0.3 is 5.32 Å². The maximum atomic E-state index is 12.3. The zero-order valence-electron chi connectivity index (χ0n) is 15.2. The van der Waals surface area contributed by atoms with Crippen LogP contribution in [0.3, 0.4) is 0 Å². The van der Waals surface area contributed by atoms with Crippen LogP contribution in [0.1, 0.15) is 64.0 Å². The summed E-state index contributed by atoms with van der Waals surface area (Å²) in [6.07, 6.45) is 11.2. The van der Waals surface area contributed by atoms with Crippen LogP contribution in [0.25, 0.3) is 0 Å². The summed E-state index contributed by atoms with van der Waals surface area (Å²) in [5, 5.41) is 7.64. The molecule has 24 heavy (non-hydrogen) atoms. The second-order valence-electron chi connectivity index (χ2n) is 7.89.